The average Bonchev–Trinajstić information content (AvgIpc) is 2.77. The highest BCUT2D eigenvalue weighted by molar-refractivity contribution is 5.22. The first-order valence-electron chi connectivity index (χ1n) is 7.35. The van der Waals surface area contributed by atoms with Crippen molar-refractivity contribution in [2.75, 3.05) is 13.6 Å². The molecule has 1 aromatic rings. The van der Waals surface area contributed by atoms with E-state index in [1.165, 1.54) is 19.3 Å². The van der Waals surface area contributed by atoms with Gasteiger partial charge in [-0.25, -0.2) is 0 Å². The molecule has 18 heavy (non-hydrogen) atoms. The second-order valence-corrected chi connectivity index (χ2v) is 6.25. The molecule has 1 heterocycles. The van der Waals surface area contributed by atoms with Crippen LogP contribution >= 0.6 is 0 Å². The lowest BCUT2D eigenvalue weighted by Gasteiger charge is -2.04. The fraction of sp³-hybridized carbons (Fsp3) is 0.857. The van der Waals surface area contributed by atoms with Gasteiger partial charge in [-0.2, -0.15) is 0 Å². The van der Waals surface area contributed by atoms with Crippen LogP contribution in [-0.2, 0) is 6.42 Å². The zero-order chi connectivity index (χ0) is 12.1. The number of nitrogens with one attached hydrogen (secondary N) is 1. The molecular formula is C14H21N3O. The number of nitrogens with zero attached hydrogens (tertiary/aromatic N) is 2. The van der Waals surface area contributed by atoms with Crippen LogP contribution in [0.15, 0.2) is 4.42 Å². The van der Waals surface area contributed by atoms with Gasteiger partial charge in [0.2, 0.25) is 11.8 Å². The lowest BCUT2D eigenvalue weighted by Crippen LogP contribution is -2.08. The number of fused-ring (bicyclic) bond motifs is 5. The summed E-state index contributed by atoms with van der Waals surface area (Å²) in [6.07, 6.45) is 6.36. The Bertz CT molecular complexity index is 428. The van der Waals surface area contributed by atoms with Crippen molar-refractivity contribution in [3.8, 4) is 0 Å². The molecule has 0 aromatic carbocycles. The molecule has 0 aliphatic heterocycles. The summed E-state index contributed by atoms with van der Waals surface area (Å²) in [5.41, 5.74) is 0. The predicted molar refractivity (Wildman–Crippen MR) is 67.1 cm³/mol. The van der Waals surface area contributed by atoms with E-state index in [2.05, 4.69) is 15.5 Å². The Morgan fingerprint density at radius 1 is 1.22 bits per heavy atom. The molecule has 4 rings (SSSR count). The smallest absolute Gasteiger partial charge is 0.220 e. The van der Waals surface area contributed by atoms with Crippen LogP contribution in [-0.4, -0.2) is 23.8 Å². The van der Waals surface area contributed by atoms with Crippen molar-refractivity contribution >= 4 is 0 Å². The molecule has 0 radical (unpaired) electrons. The van der Waals surface area contributed by atoms with E-state index in [1.807, 2.05) is 7.05 Å². The Morgan fingerprint density at radius 3 is 2.72 bits per heavy atom. The molecule has 3 aliphatic rings. The van der Waals surface area contributed by atoms with Gasteiger partial charge in [-0.1, -0.05) is 0 Å². The highest BCUT2D eigenvalue weighted by Crippen LogP contribution is 2.72. The molecule has 4 atom stereocenters. The van der Waals surface area contributed by atoms with Crippen molar-refractivity contribution in [3.05, 3.63) is 11.8 Å². The Kier molecular flexibility index (Phi) is 2.47. The summed E-state index contributed by atoms with van der Waals surface area (Å²) in [6.45, 7) is 1.01. The molecule has 4 nitrogen and oxygen atoms in total. The van der Waals surface area contributed by atoms with Gasteiger partial charge < -0.3 is 9.73 Å². The van der Waals surface area contributed by atoms with Gasteiger partial charge in [0.25, 0.3) is 0 Å². The molecule has 98 valence electrons. The van der Waals surface area contributed by atoms with E-state index < -0.39 is 0 Å². The van der Waals surface area contributed by atoms with Crippen molar-refractivity contribution < 1.29 is 4.42 Å². The predicted octanol–water partition coefficient (Wildman–Crippen LogP) is 1.98. The van der Waals surface area contributed by atoms with Crippen molar-refractivity contribution in [2.45, 2.75) is 38.0 Å². The minimum Gasteiger partial charge on any atom is -0.425 e. The lowest BCUT2D eigenvalue weighted by atomic mass is 10.0. The molecule has 2 bridgehead atoms. The fourth-order valence-electron chi connectivity index (χ4n) is 4.57. The standard InChI is InChI=1S/C14H21N3O/c1-15-6-2-3-10-16-17-14(18-10)13-11-8-4-5-9(7-8)12(11)13/h8-9,11-13,15H,2-7H2,1H3. The number of hydrogen-bond acceptors (Lipinski definition) is 4. The number of aromatic nitrogens is 2. The van der Waals surface area contributed by atoms with Gasteiger partial charge >= 0.3 is 0 Å². The monoisotopic (exact) mass is 247 g/mol. The van der Waals surface area contributed by atoms with Crippen LogP contribution in [0.1, 0.15) is 43.4 Å². The first-order valence-corrected chi connectivity index (χ1v) is 7.35. The van der Waals surface area contributed by atoms with E-state index in [0.29, 0.717) is 5.92 Å². The average molecular weight is 247 g/mol. The molecule has 0 saturated heterocycles. The van der Waals surface area contributed by atoms with E-state index in [9.17, 15) is 0 Å². The van der Waals surface area contributed by atoms with Crippen LogP contribution in [0.2, 0.25) is 0 Å². The van der Waals surface area contributed by atoms with E-state index in [1.54, 1.807) is 0 Å². The van der Waals surface area contributed by atoms with Gasteiger partial charge in [0, 0.05) is 12.3 Å². The molecule has 4 heteroatoms. The summed E-state index contributed by atoms with van der Waals surface area (Å²) >= 11 is 0. The van der Waals surface area contributed by atoms with Crippen LogP contribution in [0.4, 0.5) is 0 Å². The summed E-state index contributed by atoms with van der Waals surface area (Å²) < 4.78 is 5.86. The lowest BCUT2D eigenvalue weighted by molar-refractivity contribution is 0.407. The normalized spacial score (nSPS) is 40.2. The molecule has 3 fully saturated rings. The quantitative estimate of drug-likeness (QED) is 0.808. The summed E-state index contributed by atoms with van der Waals surface area (Å²) in [4.78, 5) is 0. The Balaban J connectivity index is 1.41. The van der Waals surface area contributed by atoms with Gasteiger partial charge in [-0.15, -0.1) is 10.2 Å². The van der Waals surface area contributed by atoms with Crippen LogP contribution in [0, 0.1) is 23.7 Å². The highest BCUT2D eigenvalue weighted by Gasteiger charge is 2.67. The van der Waals surface area contributed by atoms with Gasteiger partial charge in [0.15, 0.2) is 0 Å². The fourth-order valence-corrected chi connectivity index (χ4v) is 4.57. The van der Waals surface area contributed by atoms with Crippen LogP contribution in [0.3, 0.4) is 0 Å². The molecular weight excluding hydrogens is 226 g/mol. The number of hydrogen-bond donors (Lipinski definition) is 1. The van der Waals surface area contributed by atoms with Crippen LogP contribution < -0.4 is 5.32 Å². The number of aryl methyl sites for hydroxylation is 1. The summed E-state index contributed by atoms with van der Waals surface area (Å²) in [6, 6.07) is 0. The van der Waals surface area contributed by atoms with Gasteiger partial charge in [0.05, 0.1) is 0 Å². The van der Waals surface area contributed by atoms with Crippen LogP contribution in [0.5, 0.6) is 0 Å². The Hall–Kier alpha value is -0.900. The van der Waals surface area contributed by atoms with Crippen molar-refractivity contribution in [3.63, 3.8) is 0 Å². The van der Waals surface area contributed by atoms with E-state index in [4.69, 9.17) is 4.42 Å². The summed E-state index contributed by atoms with van der Waals surface area (Å²) in [5.74, 6) is 6.15. The Morgan fingerprint density at radius 2 is 2.00 bits per heavy atom. The van der Waals surface area contributed by atoms with E-state index in [-0.39, 0.29) is 0 Å². The van der Waals surface area contributed by atoms with Gasteiger partial charge in [0.1, 0.15) is 0 Å². The largest absolute Gasteiger partial charge is 0.425 e. The van der Waals surface area contributed by atoms with Gasteiger partial charge in [-0.3, -0.25) is 0 Å². The maximum atomic E-state index is 5.86. The van der Waals surface area contributed by atoms with E-state index in [0.717, 1.165) is 54.8 Å². The van der Waals surface area contributed by atoms with Gasteiger partial charge in [-0.05, 0) is 62.9 Å². The van der Waals surface area contributed by atoms with Crippen molar-refractivity contribution in [1.82, 2.24) is 15.5 Å². The van der Waals surface area contributed by atoms with E-state index >= 15 is 0 Å². The first-order chi connectivity index (χ1) is 8.88. The molecule has 1 aromatic heterocycles. The maximum absolute atomic E-state index is 5.86. The minimum atomic E-state index is 0.627. The molecule has 0 amide bonds. The Labute approximate surface area is 108 Å². The first kappa shape index (κ1) is 11.0. The third kappa shape index (κ3) is 1.54. The second-order valence-electron chi connectivity index (χ2n) is 6.25. The van der Waals surface area contributed by atoms with Crippen molar-refractivity contribution in [2.24, 2.45) is 23.7 Å². The SMILES string of the molecule is CNCCCc1nnc(C2C3C4CCC(C4)C23)o1. The van der Waals surface area contributed by atoms with Crippen molar-refractivity contribution in [1.29, 1.82) is 0 Å². The molecule has 0 spiro atoms. The zero-order valence-corrected chi connectivity index (χ0v) is 10.9. The third-order valence-electron chi connectivity index (χ3n) is 5.32. The maximum Gasteiger partial charge on any atom is 0.220 e. The highest BCUT2D eigenvalue weighted by atomic mass is 16.4. The molecule has 3 saturated carbocycles. The zero-order valence-electron chi connectivity index (χ0n) is 10.9. The summed E-state index contributed by atoms with van der Waals surface area (Å²) in [5, 5.41) is 11.6. The topological polar surface area (TPSA) is 51.0 Å². The van der Waals surface area contributed by atoms with Crippen LogP contribution in [0.25, 0.3) is 0 Å². The summed E-state index contributed by atoms with van der Waals surface area (Å²) in [7, 11) is 1.97. The molecule has 4 unspecified atom stereocenters. The third-order valence-corrected chi connectivity index (χ3v) is 5.32. The molecule has 3 aliphatic carbocycles. The minimum absolute atomic E-state index is 0.627. The number of rotatable bonds is 5. The molecule has 1 N–H and O–H groups in total. The second kappa shape index (κ2) is 4.05.